The van der Waals surface area contributed by atoms with E-state index in [9.17, 15) is 4.79 Å². The van der Waals surface area contributed by atoms with Gasteiger partial charge in [-0.3, -0.25) is 4.79 Å². The third-order valence-corrected chi connectivity index (χ3v) is 5.80. The van der Waals surface area contributed by atoms with Crippen LogP contribution in [0.4, 0.5) is 5.00 Å². The van der Waals surface area contributed by atoms with E-state index in [1.807, 2.05) is 9.95 Å². The average Bonchev–Trinajstić information content (AvgIpc) is 3.19. The second kappa shape index (κ2) is 5.98. The predicted octanol–water partition coefficient (Wildman–Crippen LogP) is 2.86. The second-order valence-electron chi connectivity index (χ2n) is 6.29. The summed E-state index contributed by atoms with van der Waals surface area (Å²) in [5, 5.41) is 20.4. The molecule has 0 spiro atoms. The molecule has 23 heavy (non-hydrogen) atoms. The molecule has 3 heterocycles. The maximum absolute atomic E-state index is 12.7. The highest BCUT2D eigenvalue weighted by Gasteiger charge is 2.36. The maximum atomic E-state index is 12.7. The molecule has 0 radical (unpaired) electrons. The van der Waals surface area contributed by atoms with Crippen molar-refractivity contribution in [1.29, 1.82) is 5.26 Å². The number of rotatable bonds is 3. The number of nitriles is 1. The quantitative estimate of drug-likeness (QED) is 0.853. The number of hydrogen-bond acceptors (Lipinski definition) is 6. The lowest BCUT2D eigenvalue weighted by Gasteiger charge is -2.22. The van der Waals surface area contributed by atoms with Crippen LogP contribution in [0.1, 0.15) is 32.8 Å². The zero-order valence-corrected chi connectivity index (χ0v) is 14.8. The van der Waals surface area contributed by atoms with Gasteiger partial charge in [-0.1, -0.05) is 11.8 Å². The van der Waals surface area contributed by atoms with E-state index in [1.165, 1.54) is 23.1 Å². The smallest absolute Gasteiger partial charge is 0.241 e. The van der Waals surface area contributed by atoms with Crippen LogP contribution in [-0.2, 0) is 10.3 Å². The summed E-state index contributed by atoms with van der Waals surface area (Å²) in [6, 6.07) is 3.90. The first-order valence-corrected chi connectivity index (χ1v) is 9.04. The van der Waals surface area contributed by atoms with Gasteiger partial charge in [0, 0.05) is 12.1 Å². The maximum Gasteiger partial charge on any atom is 0.241 e. The topological polar surface area (TPSA) is 74.8 Å². The minimum atomic E-state index is -0.186. The molecule has 1 amide bonds. The van der Waals surface area contributed by atoms with Crippen LogP contribution in [-0.4, -0.2) is 32.5 Å². The van der Waals surface area contributed by atoms with Crippen LogP contribution < -0.4 is 4.90 Å². The summed E-state index contributed by atoms with van der Waals surface area (Å²) in [6.07, 6.45) is 2.44. The molecule has 1 unspecified atom stereocenters. The monoisotopic (exact) mass is 347 g/mol. The lowest BCUT2D eigenvalue weighted by Crippen LogP contribution is -2.28. The van der Waals surface area contributed by atoms with Crippen LogP contribution in [0.25, 0.3) is 0 Å². The van der Waals surface area contributed by atoms with Crippen molar-refractivity contribution in [1.82, 2.24) is 14.8 Å². The Balaban J connectivity index is 1.79. The van der Waals surface area contributed by atoms with E-state index in [2.05, 4.69) is 37.0 Å². The summed E-state index contributed by atoms with van der Waals surface area (Å²) >= 11 is 2.89. The summed E-state index contributed by atoms with van der Waals surface area (Å²) in [4.78, 5) is 14.4. The number of aromatic nitrogens is 3. The van der Waals surface area contributed by atoms with E-state index in [-0.39, 0.29) is 16.7 Å². The first kappa shape index (κ1) is 16.0. The molecule has 1 fully saturated rings. The van der Waals surface area contributed by atoms with Gasteiger partial charge >= 0.3 is 0 Å². The lowest BCUT2D eigenvalue weighted by atomic mass is 10.1. The van der Waals surface area contributed by atoms with E-state index >= 15 is 0 Å². The van der Waals surface area contributed by atoms with Gasteiger partial charge in [0.2, 0.25) is 5.91 Å². The number of carbonyl (C=O) groups excluding carboxylic acids is 1. The minimum Gasteiger partial charge on any atom is -0.303 e. The number of anilines is 1. The number of amides is 1. The first-order chi connectivity index (χ1) is 10.9. The Bertz CT molecular complexity index is 767. The highest BCUT2D eigenvalue weighted by atomic mass is 32.2. The third kappa shape index (κ3) is 2.99. The molecule has 1 aliphatic heterocycles. The van der Waals surface area contributed by atoms with Gasteiger partial charge in [0.25, 0.3) is 0 Å². The first-order valence-electron chi connectivity index (χ1n) is 7.28. The molecule has 0 saturated carbocycles. The average molecular weight is 347 g/mol. The van der Waals surface area contributed by atoms with Crippen molar-refractivity contribution in [3.63, 3.8) is 0 Å². The highest BCUT2D eigenvalue weighted by Crippen LogP contribution is 2.36. The summed E-state index contributed by atoms with van der Waals surface area (Å²) in [5.74, 6) is 0.0393. The molecule has 0 aliphatic carbocycles. The van der Waals surface area contributed by atoms with Gasteiger partial charge in [0.15, 0.2) is 5.16 Å². The van der Waals surface area contributed by atoms with Crippen molar-refractivity contribution in [2.45, 2.75) is 43.1 Å². The fourth-order valence-electron chi connectivity index (χ4n) is 2.45. The molecular weight excluding hydrogens is 330 g/mol. The van der Waals surface area contributed by atoms with Crippen molar-refractivity contribution < 1.29 is 4.79 Å². The van der Waals surface area contributed by atoms with Crippen LogP contribution in [0.3, 0.4) is 0 Å². The molecule has 2 aromatic rings. The van der Waals surface area contributed by atoms with Crippen LogP contribution >= 0.6 is 23.1 Å². The Labute approximate surface area is 143 Å². The Morgan fingerprint density at radius 3 is 2.96 bits per heavy atom. The molecule has 0 bridgehead atoms. The van der Waals surface area contributed by atoms with Crippen molar-refractivity contribution >= 4 is 34.0 Å². The summed E-state index contributed by atoms with van der Waals surface area (Å²) < 4.78 is 1.99. The number of thiophene rings is 1. The molecule has 1 saturated heterocycles. The van der Waals surface area contributed by atoms with Gasteiger partial charge in [-0.15, -0.1) is 21.5 Å². The molecule has 1 atom stereocenters. The molecule has 120 valence electrons. The highest BCUT2D eigenvalue weighted by molar-refractivity contribution is 8.00. The van der Waals surface area contributed by atoms with Crippen LogP contribution in [0.5, 0.6) is 0 Å². The van der Waals surface area contributed by atoms with Gasteiger partial charge in [0.1, 0.15) is 17.4 Å². The minimum absolute atomic E-state index is 0.0393. The molecule has 3 rings (SSSR count). The van der Waals surface area contributed by atoms with Gasteiger partial charge in [0.05, 0.1) is 10.8 Å². The van der Waals surface area contributed by atoms with Gasteiger partial charge in [-0.2, -0.15) is 5.26 Å². The normalized spacial score (nSPS) is 18.4. The molecule has 6 nitrogen and oxygen atoms in total. The van der Waals surface area contributed by atoms with Crippen LogP contribution in [0.15, 0.2) is 22.9 Å². The Hall–Kier alpha value is -1.85. The predicted molar refractivity (Wildman–Crippen MR) is 90.7 cm³/mol. The number of nitrogens with zero attached hydrogens (tertiary/aromatic N) is 5. The van der Waals surface area contributed by atoms with E-state index in [4.69, 9.17) is 5.26 Å². The molecule has 0 N–H and O–H groups in total. The lowest BCUT2D eigenvalue weighted by molar-refractivity contribution is -0.116. The van der Waals surface area contributed by atoms with Crippen molar-refractivity contribution in [3.8, 4) is 6.07 Å². The third-order valence-electron chi connectivity index (χ3n) is 3.65. The molecule has 0 aromatic carbocycles. The largest absolute Gasteiger partial charge is 0.303 e. The SMILES string of the molecule is CC(C)(C)n1cnnc1SC1CCN(c2sccc2C#N)C1=O. The number of thioether (sulfide) groups is 1. The van der Waals surface area contributed by atoms with E-state index in [0.717, 1.165) is 16.6 Å². The zero-order valence-electron chi connectivity index (χ0n) is 13.2. The van der Waals surface area contributed by atoms with Crippen molar-refractivity contribution in [2.75, 3.05) is 11.4 Å². The molecule has 1 aliphatic rings. The van der Waals surface area contributed by atoms with Crippen LogP contribution in [0.2, 0.25) is 0 Å². The summed E-state index contributed by atoms with van der Waals surface area (Å²) in [5.41, 5.74) is 0.432. The van der Waals surface area contributed by atoms with E-state index in [0.29, 0.717) is 12.1 Å². The standard InChI is InChI=1S/C15H17N5OS2/c1-15(2,3)20-9-17-18-14(20)23-11-4-6-19(12(11)21)13-10(8-16)5-7-22-13/h5,7,9,11H,4,6H2,1-3H3. The van der Waals surface area contributed by atoms with E-state index in [1.54, 1.807) is 17.3 Å². The van der Waals surface area contributed by atoms with Crippen molar-refractivity contribution in [2.24, 2.45) is 0 Å². The number of carbonyl (C=O) groups is 1. The molecule has 2 aromatic heterocycles. The second-order valence-corrected chi connectivity index (χ2v) is 8.36. The number of hydrogen-bond donors (Lipinski definition) is 0. The molecular formula is C15H17N5OS2. The summed E-state index contributed by atoms with van der Waals surface area (Å²) in [6.45, 7) is 6.87. The Kier molecular flexibility index (Phi) is 4.17. The zero-order chi connectivity index (χ0) is 16.6. The fourth-order valence-corrected chi connectivity index (χ4v) is 4.57. The fraction of sp³-hybridized carbons (Fsp3) is 0.467. The Morgan fingerprint density at radius 1 is 1.48 bits per heavy atom. The summed E-state index contributed by atoms with van der Waals surface area (Å²) in [7, 11) is 0. The van der Waals surface area contributed by atoms with E-state index < -0.39 is 0 Å². The van der Waals surface area contributed by atoms with Gasteiger partial charge < -0.3 is 9.47 Å². The van der Waals surface area contributed by atoms with Crippen LogP contribution in [0, 0.1) is 11.3 Å². The Morgan fingerprint density at radius 2 is 2.26 bits per heavy atom. The molecule has 8 heteroatoms. The van der Waals surface area contributed by atoms with Gasteiger partial charge in [-0.05, 0) is 38.6 Å². The van der Waals surface area contributed by atoms with Crippen molar-refractivity contribution in [3.05, 3.63) is 23.3 Å². The van der Waals surface area contributed by atoms with Gasteiger partial charge in [-0.25, -0.2) is 0 Å².